The Hall–Kier alpha value is -2.96. The number of benzene rings is 4. The number of rotatable bonds is 9. The lowest BCUT2D eigenvalue weighted by Crippen LogP contribution is -2.47. The summed E-state index contributed by atoms with van der Waals surface area (Å²) in [5.41, 5.74) is 3.68. The molecule has 1 N–H and O–H groups in total. The molecule has 4 rings (SSSR count). The summed E-state index contributed by atoms with van der Waals surface area (Å²) in [6.45, 7) is 2.20. The van der Waals surface area contributed by atoms with Crippen molar-refractivity contribution in [1.29, 1.82) is 0 Å². The normalized spacial score (nSPS) is 12.2. The van der Waals surface area contributed by atoms with Crippen molar-refractivity contribution in [3.63, 3.8) is 0 Å². The van der Waals surface area contributed by atoms with Crippen molar-refractivity contribution in [1.82, 2.24) is 5.32 Å². The Morgan fingerprint density at radius 2 is 1.29 bits per heavy atom. The molecular weight excluding hydrogens is 533 g/mol. The van der Waals surface area contributed by atoms with Crippen LogP contribution in [0.1, 0.15) is 41.6 Å². The van der Waals surface area contributed by atoms with Gasteiger partial charge >= 0.3 is 5.97 Å². The van der Waals surface area contributed by atoms with Gasteiger partial charge in [0.1, 0.15) is 0 Å². The number of carbonyl (C=O) groups is 1. The quantitative estimate of drug-likeness (QED) is 0.138. The molecule has 0 saturated carbocycles. The molecule has 0 bridgehead atoms. The summed E-state index contributed by atoms with van der Waals surface area (Å²) >= 11 is 2.32. The number of nitrogens with one attached hydrogen (secondary N) is 1. The van der Waals surface area contributed by atoms with Gasteiger partial charge in [-0.15, -0.1) is 0 Å². The Morgan fingerprint density at radius 3 is 1.74 bits per heavy atom. The highest BCUT2D eigenvalue weighted by Gasteiger charge is 2.39. The monoisotopic (exact) mass is 561 g/mol. The predicted octanol–water partition coefficient (Wildman–Crippen LogP) is 6.87. The molecule has 0 aromatic heterocycles. The second kappa shape index (κ2) is 11.4. The van der Waals surface area contributed by atoms with Crippen LogP contribution in [0.15, 0.2) is 115 Å². The minimum Gasteiger partial charge on any atom is -0.466 e. The molecule has 0 aliphatic rings. The molecule has 0 amide bonds. The Morgan fingerprint density at radius 1 is 0.794 bits per heavy atom. The van der Waals surface area contributed by atoms with E-state index < -0.39 is 5.54 Å². The molecule has 0 fully saturated rings. The zero-order valence-electron chi connectivity index (χ0n) is 19.2. The summed E-state index contributed by atoms with van der Waals surface area (Å²) in [6.07, 6.45) is 0.224. The van der Waals surface area contributed by atoms with Gasteiger partial charge in [0.15, 0.2) is 0 Å². The summed E-state index contributed by atoms with van der Waals surface area (Å²) in [7, 11) is 0. The molecule has 1 atom stereocenters. The fourth-order valence-electron chi connectivity index (χ4n) is 4.44. The highest BCUT2D eigenvalue weighted by molar-refractivity contribution is 14.1. The second-order valence-electron chi connectivity index (χ2n) is 8.11. The first-order valence-electron chi connectivity index (χ1n) is 11.5. The maximum atomic E-state index is 12.7. The Kier molecular flexibility index (Phi) is 8.14. The van der Waals surface area contributed by atoms with E-state index in [1.807, 2.05) is 31.2 Å². The smallest absolute Gasteiger partial charge is 0.307 e. The molecule has 172 valence electrons. The number of hydrogen-bond acceptors (Lipinski definition) is 3. The van der Waals surface area contributed by atoms with Gasteiger partial charge in [0.05, 0.1) is 18.6 Å². The molecule has 0 spiro atoms. The minimum atomic E-state index is -0.678. The van der Waals surface area contributed by atoms with Crippen molar-refractivity contribution in [2.45, 2.75) is 24.9 Å². The molecule has 0 saturated heterocycles. The van der Waals surface area contributed by atoms with Crippen LogP contribution >= 0.6 is 22.6 Å². The van der Waals surface area contributed by atoms with Gasteiger partial charge in [-0.1, -0.05) is 103 Å². The van der Waals surface area contributed by atoms with Crippen molar-refractivity contribution in [3.8, 4) is 0 Å². The average Bonchev–Trinajstić information content (AvgIpc) is 2.88. The minimum absolute atomic E-state index is 0.220. The van der Waals surface area contributed by atoms with Crippen LogP contribution in [0.25, 0.3) is 0 Å². The first-order chi connectivity index (χ1) is 16.6. The molecule has 3 nitrogen and oxygen atoms in total. The van der Waals surface area contributed by atoms with Gasteiger partial charge in [0, 0.05) is 9.61 Å². The van der Waals surface area contributed by atoms with Crippen LogP contribution in [0.4, 0.5) is 0 Å². The Bertz CT molecular complexity index is 1100. The zero-order chi connectivity index (χ0) is 23.8. The standard InChI is InChI=1S/C30H28INO2/c1-2-34-29(33)22-28(23-13-12-20-27(31)21-23)32-30(24-14-6-3-7-15-24,25-16-8-4-9-17-25)26-18-10-5-11-19-26/h3-21,28,32H,2,22H2,1H3. The van der Waals surface area contributed by atoms with Gasteiger partial charge in [0.25, 0.3) is 0 Å². The molecule has 34 heavy (non-hydrogen) atoms. The lowest BCUT2D eigenvalue weighted by molar-refractivity contribution is -0.143. The van der Waals surface area contributed by atoms with E-state index in [-0.39, 0.29) is 18.4 Å². The van der Waals surface area contributed by atoms with Crippen LogP contribution in [0.5, 0.6) is 0 Å². The summed E-state index contributed by atoms with van der Waals surface area (Å²) in [5, 5.41) is 3.95. The summed E-state index contributed by atoms with van der Waals surface area (Å²) in [5.74, 6) is -0.220. The van der Waals surface area contributed by atoms with Gasteiger partial charge in [-0.3, -0.25) is 10.1 Å². The van der Waals surface area contributed by atoms with Crippen molar-refractivity contribution in [2.24, 2.45) is 0 Å². The van der Waals surface area contributed by atoms with Crippen molar-refractivity contribution in [2.75, 3.05) is 6.61 Å². The van der Waals surface area contributed by atoms with E-state index in [1.165, 1.54) is 0 Å². The average molecular weight is 561 g/mol. The molecule has 0 aliphatic carbocycles. The number of ether oxygens (including phenoxy) is 1. The number of carbonyl (C=O) groups excluding carboxylic acids is 1. The van der Waals surface area contributed by atoms with Crippen LogP contribution in [0.3, 0.4) is 0 Å². The molecule has 0 radical (unpaired) electrons. The first-order valence-corrected chi connectivity index (χ1v) is 12.6. The third-order valence-electron chi connectivity index (χ3n) is 5.94. The third-order valence-corrected chi connectivity index (χ3v) is 6.61. The van der Waals surface area contributed by atoms with Gasteiger partial charge in [-0.2, -0.15) is 0 Å². The third kappa shape index (κ3) is 5.40. The fourth-order valence-corrected chi connectivity index (χ4v) is 5.01. The highest BCUT2D eigenvalue weighted by atomic mass is 127. The number of halogens is 1. The summed E-state index contributed by atoms with van der Waals surface area (Å²) < 4.78 is 6.50. The molecule has 1 unspecified atom stereocenters. The molecule has 0 aliphatic heterocycles. The van der Waals surface area contributed by atoms with E-state index in [0.29, 0.717) is 6.61 Å². The van der Waals surface area contributed by atoms with Crippen molar-refractivity contribution >= 4 is 28.6 Å². The van der Waals surface area contributed by atoms with Gasteiger partial charge in [-0.05, 0) is 63.9 Å². The largest absolute Gasteiger partial charge is 0.466 e. The topological polar surface area (TPSA) is 38.3 Å². The van der Waals surface area contributed by atoms with Crippen LogP contribution in [0, 0.1) is 3.57 Å². The second-order valence-corrected chi connectivity index (χ2v) is 9.35. The van der Waals surface area contributed by atoms with Gasteiger partial charge in [-0.25, -0.2) is 0 Å². The van der Waals surface area contributed by atoms with Gasteiger partial charge < -0.3 is 4.74 Å². The molecule has 4 aromatic carbocycles. The molecular formula is C30H28INO2. The van der Waals surface area contributed by atoms with E-state index >= 15 is 0 Å². The maximum absolute atomic E-state index is 12.7. The maximum Gasteiger partial charge on any atom is 0.307 e. The highest BCUT2D eigenvalue weighted by Crippen LogP contribution is 2.39. The van der Waals surface area contributed by atoms with Crippen LogP contribution in [-0.4, -0.2) is 12.6 Å². The molecule has 4 aromatic rings. The molecule has 4 heteroatoms. The van der Waals surface area contributed by atoms with Crippen LogP contribution < -0.4 is 5.32 Å². The van der Waals surface area contributed by atoms with E-state index in [4.69, 9.17) is 4.74 Å². The van der Waals surface area contributed by atoms with Gasteiger partial charge in [0.2, 0.25) is 0 Å². The fraction of sp³-hybridized carbons (Fsp3) is 0.167. The SMILES string of the molecule is CCOC(=O)CC(NC(c1ccccc1)(c1ccccc1)c1ccccc1)c1cccc(I)c1. The Labute approximate surface area is 215 Å². The van der Waals surface area contributed by atoms with E-state index in [9.17, 15) is 4.79 Å². The van der Waals surface area contributed by atoms with Crippen LogP contribution in [-0.2, 0) is 15.1 Å². The molecule has 0 heterocycles. The number of esters is 1. The lowest BCUT2D eigenvalue weighted by Gasteiger charge is -2.40. The number of hydrogen-bond donors (Lipinski definition) is 1. The zero-order valence-corrected chi connectivity index (χ0v) is 21.3. The van der Waals surface area contributed by atoms with Crippen LogP contribution in [0.2, 0.25) is 0 Å². The van der Waals surface area contributed by atoms with E-state index in [0.717, 1.165) is 25.8 Å². The van der Waals surface area contributed by atoms with E-state index in [2.05, 4.69) is 119 Å². The lowest BCUT2D eigenvalue weighted by atomic mass is 9.76. The first kappa shape index (κ1) is 24.2. The summed E-state index contributed by atoms with van der Waals surface area (Å²) in [4.78, 5) is 12.7. The van der Waals surface area contributed by atoms with Crippen molar-refractivity contribution in [3.05, 3.63) is 141 Å². The Balaban J connectivity index is 1.93. The van der Waals surface area contributed by atoms with Crippen molar-refractivity contribution < 1.29 is 9.53 Å². The van der Waals surface area contributed by atoms with E-state index in [1.54, 1.807) is 0 Å². The summed E-state index contributed by atoms with van der Waals surface area (Å²) in [6, 6.07) is 39.3. The predicted molar refractivity (Wildman–Crippen MR) is 145 cm³/mol.